The largest absolute Gasteiger partial charge is 1.00 e. The summed E-state index contributed by atoms with van der Waals surface area (Å²) < 4.78 is 1.26. The van der Waals surface area contributed by atoms with Crippen LogP contribution in [0.3, 0.4) is 0 Å². The average molecular weight is 864 g/mol. The smallest absolute Gasteiger partial charge is 0.0181 e. The zero-order valence-electron chi connectivity index (χ0n) is 30.9. The second kappa shape index (κ2) is 20.0. The van der Waals surface area contributed by atoms with Gasteiger partial charge in [0.2, 0.25) is 0 Å². The molecular weight excluding hydrogens is 822 g/mol. The van der Waals surface area contributed by atoms with Gasteiger partial charge in [0, 0.05) is 0 Å². The van der Waals surface area contributed by atoms with Crippen molar-refractivity contribution in [2.24, 2.45) is 11.3 Å². The molecule has 0 radical (unpaired) electrons. The molecule has 1 atom stereocenters. The molecule has 0 amide bonds. The zero-order chi connectivity index (χ0) is 36.7. The van der Waals surface area contributed by atoms with Gasteiger partial charge in [-0.05, 0) is 23.1 Å². The number of halogens is 4. The first-order valence-electron chi connectivity index (χ1n) is 17.8. The van der Waals surface area contributed by atoms with Crippen molar-refractivity contribution in [3.05, 3.63) is 202 Å². The van der Waals surface area contributed by atoms with E-state index < -0.39 is 0 Å². The van der Waals surface area contributed by atoms with Gasteiger partial charge < -0.3 is 24.8 Å². The van der Waals surface area contributed by atoms with E-state index in [1.807, 2.05) is 36.4 Å². The molecule has 8 rings (SSSR count). The van der Waals surface area contributed by atoms with Crippen molar-refractivity contribution in [1.82, 2.24) is 0 Å². The van der Waals surface area contributed by atoms with Crippen molar-refractivity contribution in [2.75, 3.05) is 0 Å². The first-order chi connectivity index (χ1) is 25.1. The van der Waals surface area contributed by atoms with Crippen molar-refractivity contribution in [1.29, 1.82) is 0 Å². The van der Waals surface area contributed by atoms with Gasteiger partial charge in [0.05, 0.1) is 0 Å². The summed E-state index contributed by atoms with van der Waals surface area (Å²) in [5, 5.41) is 1.53. The van der Waals surface area contributed by atoms with Gasteiger partial charge in [-0.15, -0.1) is 29.3 Å². The second-order valence-electron chi connectivity index (χ2n) is 14.1. The summed E-state index contributed by atoms with van der Waals surface area (Å²) in [7, 11) is 0. The van der Waals surface area contributed by atoms with E-state index in [2.05, 4.69) is 155 Å². The summed E-state index contributed by atoms with van der Waals surface area (Å²) in [4.78, 5) is 0. The minimum absolute atomic E-state index is 0. The Kier molecular flexibility index (Phi) is 16.1. The summed E-state index contributed by atoms with van der Waals surface area (Å²) in [5.41, 5.74) is 14.4. The van der Waals surface area contributed by atoms with Crippen molar-refractivity contribution >= 4 is 26.4 Å². The van der Waals surface area contributed by atoms with Gasteiger partial charge in [-0.3, -0.25) is 6.08 Å². The molecule has 0 saturated carbocycles. The van der Waals surface area contributed by atoms with Gasteiger partial charge in [0.1, 0.15) is 0 Å². The Labute approximate surface area is 359 Å². The monoisotopic (exact) mass is 860 g/mol. The zero-order valence-corrected chi connectivity index (χ0v) is 36.4. The Balaban J connectivity index is 0.000000194. The van der Waals surface area contributed by atoms with E-state index in [9.17, 15) is 0 Å². The number of fused-ring (bicyclic) bond motifs is 3. The summed E-state index contributed by atoms with van der Waals surface area (Å²) >= 11 is 13.3. The van der Waals surface area contributed by atoms with Crippen LogP contribution in [-0.4, -0.2) is 3.21 Å². The fourth-order valence-corrected chi connectivity index (χ4v) is 7.53. The number of allylic oxidation sites excluding steroid dienone is 4. The van der Waals surface area contributed by atoms with E-state index in [-0.39, 0.29) is 24.8 Å². The van der Waals surface area contributed by atoms with Gasteiger partial charge in [-0.25, -0.2) is 6.08 Å². The third kappa shape index (κ3) is 11.2. The van der Waals surface area contributed by atoms with Crippen LogP contribution in [0.1, 0.15) is 56.4 Å². The van der Waals surface area contributed by atoms with E-state index >= 15 is 0 Å². The van der Waals surface area contributed by atoms with Crippen LogP contribution >= 0.6 is 23.2 Å². The van der Waals surface area contributed by atoms with Crippen LogP contribution in [0.2, 0.25) is 10.0 Å². The average Bonchev–Trinajstić information content (AvgIpc) is 3.81. The third-order valence-electron chi connectivity index (χ3n) is 9.35. The summed E-state index contributed by atoms with van der Waals surface area (Å²) in [6.07, 6.45) is 9.97. The van der Waals surface area contributed by atoms with Crippen molar-refractivity contribution in [2.45, 2.75) is 40.5 Å². The predicted octanol–water partition coefficient (Wildman–Crippen LogP) is 7.87. The molecule has 6 aromatic carbocycles. The maximum Gasteiger partial charge on any atom is -0.0181 e. The summed E-state index contributed by atoms with van der Waals surface area (Å²) in [5.74, 6) is 0.573. The van der Waals surface area contributed by atoms with Crippen LogP contribution < -0.4 is 24.8 Å². The first-order valence-corrected chi connectivity index (χ1v) is 19.8. The number of hydrogen-bond donors (Lipinski definition) is 0. The normalized spacial score (nSPS) is 13.4. The predicted molar refractivity (Wildman–Crippen MR) is 220 cm³/mol. The van der Waals surface area contributed by atoms with E-state index in [4.69, 9.17) is 23.2 Å². The minimum atomic E-state index is 0. The molecule has 0 saturated heterocycles. The maximum absolute atomic E-state index is 5.98. The van der Waals surface area contributed by atoms with Gasteiger partial charge in [-0.1, -0.05) is 141 Å². The van der Waals surface area contributed by atoms with Crippen LogP contribution in [-0.2, 0) is 30.7 Å². The van der Waals surface area contributed by atoms with E-state index in [1.54, 1.807) is 0 Å². The Bertz CT molecular complexity index is 2100. The minimum Gasteiger partial charge on any atom is -1.00 e. The molecule has 272 valence electrons. The Morgan fingerprint density at radius 3 is 1.76 bits per heavy atom. The van der Waals surface area contributed by atoms with Crippen molar-refractivity contribution < 1.29 is 49.0 Å². The fourth-order valence-electron chi connectivity index (χ4n) is 6.39. The van der Waals surface area contributed by atoms with Crippen molar-refractivity contribution in [3.63, 3.8) is 0 Å². The molecule has 0 bridgehead atoms. The van der Waals surface area contributed by atoms with Crippen LogP contribution in [0, 0.1) is 23.5 Å². The number of benzene rings is 6. The molecule has 0 nitrogen and oxygen atoms in total. The van der Waals surface area contributed by atoms with Crippen molar-refractivity contribution in [3.8, 4) is 33.4 Å². The Hall–Kier alpha value is -3.29. The van der Waals surface area contributed by atoms with Crippen LogP contribution in [0.4, 0.5) is 0 Å². The summed E-state index contributed by atoms with van der Waals surface area (Å²) in [6.45, 7) is 8.94. The molecule has 5 heteroatoms. The molecular formula is C49H42Cl4Zr-2. The van der Waals surface area contributed by atoms with E-state index in [0.29, 0.717) is 11.3 Å². The first kappa shape index (κ1) is 43.4. The summed E-state index contributed by atoms with van der Waals surface area (Å²) in [6, 6.07) is 51.8. The Morgan fingerprint density at radius 1 is 0.667 bits per heavy atom. The van der Waals surface area contributed by atoms with Gasteiger partial charge in [0.15, 0.2) is 0 Å². The second-order valence-corrected chi connectivity index (χ2v) is 16.2. The Morgan fingerprint density at radius 2 is 1.24 bits per heavy atom. The van der Waals surface area contributed by atoms with Gasteiger partial charge in [0.25, 0.3) is 0 Å². The SMILES string of the molecule is CCC1[C-]=CC(C(C)(C)C)=C1.Clc1cccc([C](=[Zr+2])c2cccc(Cl)c2)c1.[Cl-].[Cl-].[c-]1c(-c2ccccc2)ccc2c1Cc1cc(-c3ccccc3)ccc1-2. The molecule has 0 aromatic heterocycles. The molecule has 0 fully saturated rings. The molecule has 1 unspecified atom stereocenters. The topological polar surface area (TPSA) is 0 Å². The van der Waals surface area contributed by atoms with Crippen LogP contribution in [0.25, 0.3) is 33.4 Å². The molecule has 2 aliphatic rings. The van der Waals surface area contributed by atoms with Crippen LogP contribution in [0.15, 0.2) is 157 Å². The maximum atomic E-state index is 5.98. The molecule has 0 heterocycles. The standard InChI is InChI=1S/C25H17.C13H8Cl2.C11H17.2ClH.Zr/c1-3-7-18(8-4-1)20-11-13-24-22(15-20)17-23-16-21(12-14-25(23)24)19-9-5-2-6-10-19;14-12-5-1-3-10(8-12)7-11-4-2-6-13(15)9-11;1-5-9-6-7-10(8-9)11(2,3)4;;;/h1-15H,17H2;1-6,8-9H;7-9H,5H2,1-4H3;2*1H;/q-1;;-1;;;+2/p-2. The van der Waals surface area contributed by atoms with Gasteiger partial charge >= 0.3 is 120 Å². The molecule has 0 N–H and O–H groups in total. The molecule has 0 spiro atoms. The van der Waals surface area contributed by atoms with E-state index in [0.717, 1.165) is 27.6 Å². The quantitative estimate of drug-likeness (QED) is 0.155. The number of hydrogen-bond acceptors (Lipinski definition) is 0. The van der Waals surface area contributed by atoms with Gasteiger partial charge in [-0.2, -0.15) is 11.6 Å². The van der Waals surface area contributed by atoms with E-state index in [1.165, 1.54) is 83.9 Å². The van der Waals surface area contributed by atoms with Crippen LogP contribution in [0.5, 0.6) is 0 Å². The molecule has 0 aliphatic heterocycles. The molecule has 6 aromatic rings. The third-order valence-corrected chi connectivity index (χ3v) is 11.2. The fraction of sp³-hybridized carbons (Fsp3) is 0.163. The number of rotatable bonds is 5. The molecule has 54 heavy (non-hydrogen) atoms. The molecule has 2 aliphatic carbocycles.